The number of nitriles is 1. The molecule has 78 valence electrons. The summed E-state index contributed by atoms with van der Waals surface area (Å²) in [6, 6.07) is 5.18. The van der Waals surface area contributed by atoms with Gasteiger partial charge in [-0.25, -0.2) is 4.98 Å². The molecule has 0 atom stereocenters. The Labute approximate surface area is 91.9 Å². The SMILES string of the molecule is CC(C)(Sc1ccnc(C#N)c1)C(=O)O. The van der Waals surface area contributed by atoms with Crippen LogP contribution in [0.4, 0.5) is 0 Å². The molecule has 0 amide bonds. The molecule has 0 bridgehead atoms. The van der Waals surface area contributed by atoms with Crippen LogP contribution >= 0.6 is 11.8 Å². The lowest BCUT2D eigenvalue weighted by Crippen LogP contribution is -2.26. The summed E-state index contributed by atoms with van der Waals surface area (Å²) in [5, 5.41) is 17.6. The summed E-state index contributed by atoms with van der Waals surface area (Å²) in [6.45, 7) is 3.24. The maximum atomic E-state index is 10.9. The van der Waals surface area contributed by atoms with Crippen LogP contribution < -0.4 is 0 Å². The van der Waals surface area contributed by atoms with Crippen molar-refractivity contribution in [3.8, 4) is 6.07 Å². The second-order valence-corrected chi connectivity index (χ2v) is 5.10. The molecule has 1 rings (SSSR count). The minimum Gasteiger partial charge on any atom is -0.480 e. The first kappa shape index (κ1) is 11.5. The van der Waals surface area contributed by atoms with E-state index in [0.29, 0.717) is 5.69 Å². The maximum absolute atomic E-state index is 10.9. The standard InChI is InChI=1S/C10H10N2O2S/c1-10(2,9(13)14)15-8-3-4-12-7(5-8)6-11/h3-5H,1-2H3,(H,13,14). The Kier molecular flexibility index (Phi) is 3.32. The first-order valence-corrected chi connectivity index (χ1v) is 5.06. The van der Waals surface area contributed by atoms with Gasteiger partial charge in [0.05, 0.1) is 0 Å². The molecule has 0 saturated carbocycles. The fourth-order valence-electron chi connectivity index (χ4n) is 0.874. The number of hydrogen-bond donors (Lipinski definition) is 1. The second-order valence-electron chi connectivity index (χ2n) is 3.41. The number of carboxylic acids is 1. The molecule has 0 radical (unpaired) electrons. The van der Waals surface area contributed by atoms with Crippen LogP contribution in [-0.4, -0.2) is 20.8 Å². The first-order valence-electron chi connectivity index (χ1n) is 4.24. The van der Waals surface area contributed by atoms with Crippen molar-refractivity contribution in [3.05, 3.63) is 24.0 Å². The van der Waals surface area contributed by atoms with E-state index in [9.17, 15) is 4.79 Å². The highest BCUT2D eigenvalue weighted by Gasteiger charge is 2.28. The molecule has 1 N–H and O–H groups in total. The van der Waals surface area contributed by atoms with Gasteiger partial charge < -0.3 is 5.11 Å². The van der Waals surface area contributed by atoms with Gasteiger partial charge >= 0.3 is 5.97 Å². The lowest BCUT2D eigenvalue weighted by molar-refractivity contribution is -0.138. The van der Waals surface area contributed by atoms with E-state index in [4.69, 9.17) is 10.4 Å². The van der Waals surface area contributed by atoms with Crippen molar-refractivity contribution >= 4 is 17.7 Å². The van der Waals surface area contributed by atoms with Crippen molar-refractivity contribution in [2.75, 3.05) is 0 Å². The van der Waals surface area contributed by atoms with Gasteiger partial charge in [0, 0.05) is 11.1 Å². The molecule has 0 aliphatic heterocycles. The van der Waals surface area contributed by atoms with E-state index in [2.05, 4.69) is 4.98 Å². The van der Waals surface area contributed by atoms with Crippen molar-refractivity contribution in [1.29, 1.82) is 5.26 Å². The van der Waals surface area contributed by atoms with E-state index in [1.165, 1.54) is 18.0 Å². The van der Waals surface area contributed by atoms with Crippen LogP contribution in [0.5, 0.6) is 0 Å². The average molecular weight is 222 g/mol. The predicted molar refractivity (Wildman–Crippen MR) is 56.5 cm³/mol. The Balaban J connectivity index is 2.91. The normalized spacial score (nSPS) is 10.7. The highest BCUT2D eigenvalue weighted by Crippen LogP contribution is 2.32. The molecule has 4 nitrogen and oxygen atoms in total. The smallest absolute Gasteiger partial charge is 0.319 e. The zero-order valence-corrected chi connectivity index (χ0v) is 9.21. The lowest BCUT2D eigenvalue weighted by atomic mass is 10.2. The van der Waals surface area contributed by atoms with Crippen LogP contribution in [0.2, 0.25) is 0 Å². The molecule has 0 saturated heterocycles. The first-order chi connectivity index (χ1) is 6.95. The van der Waals surface area contributed by atoms with E-state index in [1.54, 1.807) is 26.0 Å². The Bertz CT molecular complexity index is 424. The highest BCUT2D eigenvalue weighted by molar-refractivity contribution is 8.01. The van der Waals surface area contributed by atoms with Crippen LogP contribution in [0.3, 0.4) is 0 Å². The third-order valence-corrected chi connectivity index (χ3v) is 2.91. The van der Waals surface area contributed by atoms with E-state index in [-0.39, 0.29) is 0 Å². The van der Waals surface area contributed by atoms with Crippen LogP contribution in [-0.2, 0) is 4.79 Å². The Morgan fingerprint density at radius 1 is 1.67 bits per heavy atom. The highest BCUT2D eigenvalue weighted by atomic mass is 32.2. The van der Waals surface area contributed by atoms with E-state index >= 15 is 0 Å². The Hall–Kier alpha value is -1.54. The predicted octanol–water partition coefficient (Wildman–Crippen LogP) is 1.91. The molecular weight excluding hydrogens is 212 g/mol. The van der Waals surface area contributed by atoms with Gasteiger partial charge in [0.15, 0.2) is 0 Å². The lowest BCUT2D eigenvalue weighted by Gasteiger charge is -2.17. The van der Waals surface area contributed by atoms with Gasteiger partial charge in [-0.05, 0) is 26.0 Å². The number of aromatic nitrogens is 1. The number of hydrogen-bond acceptors (Lipinski definition) is 4. The Morgan fingerprint density at radius 3 is 2.87 bits per heavy atom. The second kappa shape index (κ2) is 4.32. The third kappa shape index (κ3) is 2.96. The molecule has 0 fully saturated rings. The molecule has 0 aromatic carbocycles. The van der Waals surface area contributed by atoms with Crippen molar-refractivity contribution in [2.24, 2.45) is 0 Å². The van der Waals surface area contributed by atoms with Gasteiger partial charge in [-0.2, -0.15) is 5.26 Å². The summed E-state index contributed by atoms with van der Waals surface area (Å²) >= 11 is 1.19. The number of rotatable bonds is 3. The summed E-state index contributed by atoms with van der Waals surface area (Å²) in [5.74, 6) is -0.886. The average Bonchev–Trinajstić information content (AvgIpc) is 2.17. The van der Waals surface area contributed by atoms with E-state index < -0.39 is 10.7 Å². The molecule has 1 heterocycles. The molecule has 0 aliphatic carbocycles. The van der Waals surface area contributed by atoms with Crippen molar-refractivity contribution in [2.45, 2.75) is 23.5 Å². The van der Waals surface area contributed by atoms with Gasteiger partial charge in [0.1, 0.15) is 16.5 Å². The van der Waals surface area contributed by atoms with Crippen molar-refractivity contribution in [1.82, 2.24) is 4.98 Å². The molecule has 0 aliphatic rings. The summed E-state index contributed by atoms with van der Waals surface area (Å²) in [6.07, 6.45) is 1.50. The zero-order chi connectivity index (χ0) is 11.5. The zero-order valence-electron chi connectivity index (χ0n) is 8.39. The molecule has 0 unspecified atom stereocenters. The minimum atomic E-state index is -0.909. The van der Waals surface area contributed by atoms with Crippen LogP contribution in [0.1, 0.15) is 19.5 Å². The van der Waals surface area contributed by atoms with E-state index in [1.807, 2.05) is 6.07 Å². The van der Waals surface area contributed by atoms with Gasteiger partial charge in [-0.15, -0.1) is 11.8 Å². The van der Waals surface area contributed by atoms with Crippen molar-refractivity contribution < 1.29 is 9.90 Å². The number of pyridine rings is 1. The number of carboxylic acid groups (broad SMARTS) is 1. The molecule has 15 heavy (non-hydrogen) atoms. The maximum Gasteiger partial charge on any atom is 0.319 e. The van der Waals surface area contributed by atoms with Gasteiger partial charge in [0.25, 0.3) is 0 Å². The molecule has 1 aromatic heterocycles. The Morgan fingerprint density at radius 2 is 2.33 bits per heavy atom. The number of carbonyl (C=O) groups is 1. The summed E-state index contributed by atoms with van der Waals surface area (Å²) in [5.41, 5.74) is 0.293. The van der Waals surface area contributed by atoms with Crippen molar-refractivity contribution in [3.63, 3.8) is 0 Å². The number of nitrogens with zero attached hydrogens (tertiary/aromatic N) is 2. The summed E-state index contributed by atoms with van der Waals surface area (Å²) < 4.78 is -0.909. The number of aliphatic carboxylic acids is 1. The molecule has 5 heteroatoms. The van der Waals surface area contributed by atoms with Crippen LogP contribution in [0.15, 0.2) is 23.2 Å². The van der Waals surface area contributed by atoms with Crippen LogP contribution in [0.25, 0.3) is 0 Å². The third-order valence-electron chi connectivity index (χ3n) is 1.73. The summed E-state index contributed by atoms with van der Waals surface area (Å²) in [7, 11) is 0. The fraction of sp³-hybridized carbons (Fsp3) is 0.300. The van der Waals surface area contributed by atoms with Crippen LogP contribution in [0, 0.1) is 11.3 Å². The minimum absolute atomic E-state index is 0.293. The van der Waals surface area contributed by atoms with Gasteiger partial charge in [0.2, 0.25) is 0 Å². The molecular formula is C10H10N2O2S. The van der Waals surface area contributed by atoms with Gasteiger partial charge in [-0.3, -0.25) is 4.79 Å². The van der Waals surface area contributed by atoms with E-state index in [0.717, 1.165) is 4.90 Å². The summed E-state index contributed by atoms with van der Waals surface area (Å²) in [4.78, 5) is 15.4. The molecule has 0 spiro atoms. The quantitative estimate of drug-likeness (QED) is 0.791. The molecule has 1 aromatic rings. The topological polar surface area (TPSA) is 74.0 Å². The fourth-order valence-corrected chi connectivity index (χ4v) is 1.85. The van der Waals surface area contributed by atoms with Gasteiger partial charge in [-0.1, -0.05) is 0 Å². The largest absolute Gasteiger partial charge is 0.480 e. The monoisotopic (exact) mass is 222 g/mol. The number of thioether (sulfide) groups is 1.